The molecule has 0 fully saturated rings. The Labute approximate surface area is 126 Å². The molecule has 0 aliphatic rings. The fourth-order valence-electron chi connectivity index (χ4n) is 1.76. The minimum Gasteiger partial charge on any atom is -0.478 e. The monoisotopic (exact) mass is 359 g/mol. The topological polar surface area (TPSA) is 49.3 Å². The Morgan fingerprint density at radius 3 is 2.43 bits per heavy atom. The summed E-state index contributed by atoms with van der Waals surface area (Å²) < 4.78 is 39.0. The first-order chi connectivity index (χ1) is 9.79. The zero-order valence-electron chi connectivity index (χ0n) is 10.4. The highest BCUT2D eigenvalue weighted by atomic mass is 79.9. The zero-order chi connectivity index (χ0) is 15.6. The van der Waals surface area contributed by atoms with Gasteiger partial charge in [-0.2, -0.15) is 13.2 Å². The highest BCUT2D eigenvalue weighted by molar-refractivity contribution is 9.10. The van der Waals surface area contributed by atoms with E-state index >= 15 is 0 Å². The normalized spacial score (nSPS) is 11.2. The van der Waals surface area contributed by atoms with E-state index in [-0.39, 0.29) is 16.9 Å². The first kappa shape index (κ1) is 15.4. The summed E-state index contributed by atoms with van der Waals surface area (Å²) in [5, 5.41) is 11.6. The molecule has 0 aliphatic heterocycles. The molecule has 0 unspecified atom stereocenters. The maximum absolute atomic E-state index is 12.9. The van der Waals surface area contributed by atoms with Crippen molar-refractivity contribution in [3.63, 3.8) is 0 Å². The number of halogens is 4. The summed E-state index contributed by atoms with van der Waals surface area (Å²) in [5.41, 5.74) is -0.731. The van der Waals surface area contributed by atoms with Crippen LogP contribution in [0.4, 0.5) is 24.5 Å². The number of rotatable bonds is 3. The van der Waals surface area contributed by atoms with E-state index in [9.17, 15) is 18.0 Å². The number of nitrogens with one attached hydrogen (secondary N) is 1. The molecule has 0 aromatic heterocycles. The van der Waals surface area contributed by atoms with Crippen molar-refractivity contribution in [3.8, 4) is 0 Å². The van der Waals surface area contributed by atoms with Gasteiger partial charge in [-0.3, -0.25) is 0 Å². The van der Waals surface area contributed by atoms with Crippen LogP contribution in [0.25, 0.3) is 0 Å². The second kappa shape index (κ2) is 5.77. The molecule has 0 heterocycles. The number of benzene rings is 2. The van der Waals surface area contributed by atoms with Crippen LogP contribution in [0.1, 0.15) is 15.9 Å². The molecule has 0 spiro atoms. The van der Waals surface area contributed by atoms with Crippen molar-refractivity contribution < 1.29 is 23.1 Å². The van der Waals surface area contributed by atoms with E-state index in [4.69, 9.17) is 5.11 Å². The molecule has 0 bridgehead atoms. The Morgan fingerprint density at radius 2 is 1.81 bits per heavy atom. The van der Waals surface area contributed by atoms with Gasteiger partial charge >= 0.3 is 12.1 Å². The van der Waals surface area contributed by atoms with E-state index in [0.29, 0.717) is 4.47 Å². The van der Waals surface area contributed by atoms with Crippen molar-refractivity contribution in [1.29, 1.82) is 0 Å². The molecule has 0 saturated carbocycles. The molecule has 0 saturated heterocycles. The molecule has 0 atom stereocenters. The smallest absolute Gasteiger partial charge is 0.418 e. The van der Waals surface area contributed by atoms with Crippen LogP contribution in [0.5, 0.6) is 0 Å². The SMILES string of the molecule is O=C(O)c1cc(Nc2ccccc2C(F)(F)F)ccc1Br. The number of hydrogen-bond donors (Lipinski definition) is 2. The largest absolute Gasteiger partial charge is 0.478 e. The minimum atomic E-state index is -4.49. The van der Waals surface area contributed by atoms with Crippen molar-refractivity contribution in [2.45, 2.75) is 6.18 Å². The quantitative estimate of drug-likeness (QED) is 0.818. The van der Waals surface area contributed by atoms with Gasteiger partial charge in [-0.25, -0.2) is 4.79 Å². The number of carboxylic acids is 1. The summed E-state index contributed by atoms with van der Waals surface area (Å²) in [6, 6.07) is 9.21. The van der Waals surface area contributed by atoms with Crippen LogP contribution in [0.3, 0.4) is 0 Å². The van der Waals surface area contributed by atoms with Crippen molar-refractivity contribution in [2.75, 3.05) is 5.32 Å². The minimum absolute atomic E-state index is 0.0375. The number of hydrogen-bond acceptors (Lipinski definition) is 2. The summed E-state index contributed by atoms with van der Waals surface area (Å²) in [6.45, 7) is 0. The van der Waals surface area contributed by atoms with Gasteiger partial charge < -0.3 is 10.4 Å². The molecular weight excluding hydrogens is 351 g/mol. The third-order valence-electron chi connectivity index (χ3n) is 2.71. The van der Waals surface area contributed by atoms with Gasteiger partial charge in [-0.05, 0) is 46.3 Å². The number of aromatic carboxylic acids is 1. The summed E-state index contributed by atoms with van der Waals surface area (Å²) in [7, 11) is 0. The first-order valence-corrected chi connectivity index (χ1v) is 6.54. The van der Waals surface area contributed by atoms with Crippen molar-refractivity contribution >= 4 is 33.3 Å². The molecule has 0 amide bonds. The first-order valence-electron chi connectivity index (χ1n) is 5.75. The van der Waals surface area contributed by atoms with Gasteiger partial charge in [-0.15, -0.1) is 0 Å². The van der Waals surface area contributed by atoms with Gasteiger partial charge in [0.1, 0.15) is 0 Å². The molecular formula is C14H9BrF3NO2. The molecule has 2 N–H and O–H groups in total. The van der Waals surface area contributed by atoms with Gasteiger partial charge in [0.05, 0.1) is 16.8 Å². The van der Waals surface area contributed by atoms with Crippen molar-refractivity contribution in [1.82, 2.24) is 0 Å². The van der Waals surface area contributed by atoms with E-state index in [1.807, 2.05) is 0 Å². The fraction of sp³-hybridized carbons (Fsp3) is 0.0714. The third kappa shape index (κ3) is 3.55. The molecule has 110 valence electrons. The number of anilines is 2. The lowest BCUT2D eigenvalue weighted by molar-refractivity contribution is -0.136. The van der Waals surface area contributed by atoms with Gasteiger partial charge in [0.25, 0.3) is 0 Å². The maximum Gasteiger partial charge on any atom is 0.418 e. The summed E-state index contributed by atoms with van der Waals surface area (Å²) in [6.07, 6.45) is -4.49. The number of alkyl halides is 3. The van der Waals surface area contributed by atoms with E-state index in [1.165, 1.54) is 36.4 Å². The van der Waals surface area contributed by atoms with Crippen LogP contribution < -0.4 is 5.32 Å². The Balaban J connectivity index is 2.40. The van der Waals surface area contributed by atoms with E-state index in [1.54, 1.807) is 0 Å². The number of carboxylic acid groups (broad SMARTS) is 1. The molecule has 2 aromatic rings. The third-order valence-corrected chi connectivity index (χ3v) is 3.40. The lowest BCUT2D eigenvalue weighted by Crippen LogP contribution is -2.08. The van der Waals surface area contributed by atoms with Gasteiger partial charge in [0.15, 0.2) is 0 Å². The highest BCUT2D eigenvalue weighted by Crippen LogP contribution is 2.36. The summed E-state index contributed by atoms with van der Waals surface area (Å²) in [4.78, 5) is 11.0. The lowest BCUT2D eigenvalue weighted by Gasteiger charge is -2.14. The van der Waals surface area contributed by atoms with Crippen LogP contribution in [0.2, 0.25) is 0 Å². The molecule has 2 rings (SSSR count). The average molecular weight is 360 g/mol. The van der Waals surface area contributed by atoms with Crippen molar-refractivity contribution in [2.24, 2.45) is 0 Å². The summed E-state index contributed by atoms with van der Waals surface area (Å²) in [5.74, 6) is -1.17. The van der Waals surface area contributed by atoms with Crippen molar-refractivity contribution in [3.05, 3.63) is 58.1 Å². The highest BCUT2D eigenvalue weighted by Gasteiger charge is 2.33. The Hall–Kier alpha value is -2.02. The van der Waals surface area contributed by atoms with Gasteiger partial charge in [0.2, 0.25) is 0 Å². The van der Waals surface area contributed by atoms with E-state index in [0.717, 1.165) is 6.07 Å². The van der Waals surface area contributed by atoms with E-state index < -0.39 is 17.7 Å². The zero-order valence-corrected chi connectivity index (χ0v) is 12.0. The van der Waals surface area contributed by atoms with Gasteiger partial charge in [-0.1, -0.05) is 12.1 Å². The lowest BCUT2D eigenvalue weighted by atomic mass is 10.1. The van der Waals surface area contributed by atoms with Crippen LogP contribution in [0, 0.1) is 0 Å². The van der Waals surface area contributed by atoms with Crippen LogP contribution in [-0.4, -0.2) is 11.1 Å². The standard InChI is InChI=1S/C14H9BrF3NO2/c15-11-6-5-8(7-9(11)13(20)21)19-12-4-2-1-3-10(12)14(16,17)18/h1-7,19H,(H,20,21). The maximum atomic E-state index is 12.9. The Morgan fingerprint density at radius 1 is 1.14 bits per heavy atom. The number of carbonyl (C=O) groups is 1. The molecule has 21 heavy (non-hydrogen) atoms. The van der Waals surface area contributed by atoms with E-state index in [2.05, 4.69) is 21.2 Å². The van der Waals surface area contributed by atoms with Crippen LogP contribution in [-0.2, 0) is 6.18 Å². The fourth-order valence-corrected chi connectivity index (χ4v) is 2.18. The van der Waals surface area contributed by atoms with Crippen LogP contribution in [0.15, 0.2) is 46.9 Å². The van der Waals surface area contributed by atoms with Gasteiger partial charge in [0, 0.05) is 10.2 Å². The second-order valence-electron chi connectivity index (χ2n) is 4.17. The Kier molecular flexibility index (Phi) is 4.22. The second-order valence-corrected chi connectivity index (χ2v) is 5.02. The molecule has 7 heteroatoms. The van der Waals surface area contributed by atoms with Crippen LogP contribution >= 0.6 is 15.9 Å². The predicted octanol–water partition coefficient (Wildman–Crippen LogP) is 4.91. The molecule has 3 nitrogen and oxygen atoms in total. The predicted molar refractivity (Wildman–Crippen MR) is 75.8 cm³/mol. The summed E-state index contributed by atoms with van der Waals surface area (Å²) >= 11 is 3.07. The molecule has 0 radical (unpaired) electrons. The average Bonchev–Trinajstić information content (AvgIpc) is 2.40. The molecule has 2 aromatic carbocycles. The Bertz CT molecular complexity index is 686. The molecule has 0 aliphatic carbocycles. The number of para-hydroxylation sites is 1.